The minimum Gasteiger partial charge on any atom is -0.489 e. The second-order valence-corrected chi connectivity index (χ2v) is 8.16. The number of carbonyl (C=O) groups is 2. The summed E-state index contributed by atoms with van der Waals surface area (Å²) in [4.78, 5) is 25.9. The highest BCUT2D eigenvalue weighted by atomic mass is 79.9. The van der Waals surface area contributed by atoms with Gasteiger partial charge in [-0.3, -0.25) is 14.5 Å². The zero-order valence-electron chi connectivity index (χ0n) is 14.5. The molecule has 2 amide bonds. The Morgan fingerprint density at radius 2 is 1.85 bits per heavy atom. The Morgan fingerprint density at radius 1 is 1.12 bits per heavy atom. The van der Waals surface area contributed by atoms with Crippen LogP contribution in [-0.4, -0.2) is 27.8 Å². The van der Waals surface area contributed by atoms with E-state index in [0.717, 1.165) is 39.5 Å². The number of ether oxygens (including phenoxy) is 1. The van der Waals surface area contributed by atoms with Crippen molar-refractivity contribution in [2.75, 3.05) is 6.54 Å². The van der Waals surface area contributed by atoms with E-state index in [-0.39, 0.29) is 16.4 Å². The first-order chi connectivity index (χ1) is 12.6. The van der Waals surface area contributed by atoms with Crippen LogP contribution in [0, 0.1) is 0 Å². The first kappa shape index (κ1) is 19.0. The molecule has 4 nitrogen and oxygen atoms in total. The zero-order valence-corrected chi connectivity index (χ0v) is 16.9. The van der Waals surface area contributed by atoms with Gasteiger partial charge in [0.15, 0.2) is 0 Å². The number of benzene rings is 2. The van der Waals surface area contributed by atoms with Gasteiger partial charge in [-0.2, -0.15) is 0 Å². The van der Waals surface area contributed by atoms with E-state index in [1.807, 2.05) is 55.5 Å². The van der Waals surface area contributed by atoms with Crippen LogP contribution >= 0.6 is 27.7 Å². The SMILES string of the molecule is CCCN1C(=O)S[C@H](Cc2ccccc2OCc2ccc(Br)cc2)C1=O. The van der Waals surface area contributed by atoms with Crippen molar-refractivity contribution in [2.24, 2.45) is 0 Å². The van der Waals surface area contributed by atoms with E-state index in [9.17, 15) is 9.59 Å². The van der Waals surface area contributed by atoms with Gasteiger partial charge in [-0.15, -0.1) is 0 Å². The maximum absolute atomic E-state index is 12.5. The van der Waals surface area contributed by atoms with Gasteiger partial charge < -0.3 is 4.74 Å². The van der Waals surface area contributed by atoms with Crippen molar-refractivity contribution in [3.63, 3.8) is 0 Å². The van der Waals surface area contributed by atoms with Gasteiger partial charge >= 0.3 is 0 Å². The fourth-order valence-corrected chi connectivity index (χ4v) is 4.12. The first-order valence-electron chi connectivity index (χ1n) is 8.55. The molecule has 6 heteroatoms. The predicted octanol–water partition coefficient (Wildman–Crippen LogP) is 5.04. The topological polar surface area (TPSA) is 46.6 Å². The van der Waals surface area contributed by atoms with E-state index < -0.39 is 0 Å². The standard InChI is InChI=1S/C20H20BrNO3S/c1-2-11-22-19(23)18(26-20(22)24)12-15-5-3-4-6-17(15)25-13-14-7-9-16(21)10-8-14/h3-10,18H,2,11-13H2,1H3/t18-/m1/s1. The minimum absolute atomic E-state index is 0.0930. The lowest BCUT2D eigenvalue weighted by molar-refractivity contribution is -0.126. The van der Waals surface area contributed by atoms with E-state index in [4.69, 9.17) is 4.74 Å². The number of carbonyl (C=O) groups excluding carboxylic acids is 2. The summed E-state index contributed by atoms with van der Waals surface area (Å²) in [6.07, 6.45) is 1.27. The van der Waals surface area contributed by atoms with Crippen molar-refractivity contribution in [3.05, 3.63) is 64.1 Å². The smallest absolute Gasteiger partial charge is 0.289 e. The van der Waals surface area contributed by atoms with Crippen LogP contribution < -0.4 is 4.74 Å². The molecule has 1 heterocycles. The molecule has 0 unspecified atom stereocenters. The zero-order chi connectivity index (χ0) is 18.5. The van der Waals surface area contributed by atoms with Crippen LogP contribution in [0.4, 0.5) is 4.79 Å². The van der Waals surface area contributed by atoms with Crippen LogP contribution in [0.2, 0.25) is 0 Å². The molecule has 26 heavy (non-hydrogen) atoms. The highest BCUT2D eigenvalue weighted by Gasteiger charge is 2.39. The average Bonchev–Trinajstić information content (AvgIpc) is 2.90. The van der Waals surface area contributed by atoms with Gasteiger partial charge in [0.2, 0.25) is 5.91 Å². The molecule has 1 saturated heterocycles. The predicted molar refractivity (Wildman–Crippen MR) is 107 cm³/mol. The summed E-state index contributed by atoms with van der Waals surface area (Å²) in [5.74, 6) is 0.662. The maximum atomic E-state index is 12.5. The van der Waals surface area contributed by atoms with Crippen molar-refractivity contribution in [2.45, 2.75) is 31.6 Å². The van der Waals surface area contributed by atoms with Gasteiger partial charge in [0.05, 0.1) is 5.25 Å². The molecule has 0 aliphatic carbocycles. The van der Waals surface area contributed by atoms with Gasteiger partial charge in [-0.1, -0.05) is 64.9 Å². The van der Waals surface area contributed by atoms with E-state index >= 15 is 0 Å². The van der Waals surface area contributed by atoms with Gasteiger partial charge in [-0.05, 0) is 42.2 Å². The lowest BCUT2D eigenvalue weighted by Crippen LogP contribution is -2.32. The average molecular weight is 434 g/mol. The maximum Gasteiger partial charge on any atom is 0.289 e. The monoisotopic (exact) mass is 433 g/mol. The highest BCUT2D eigenvalue weighted by molar-refractivity contribution is 9.10. The Kier molecular flexibility index (Phi) is 6.38. The summed E-state index contributed by atoms with van der Waals surface area (Å²) in [6, 6.07) is 15.7. The Morgan fingerprint density at radius 3 is 2.58 bits per heavy atom. The molecule has 0 bridgehead atoms. The lowest BCUT2D eigenvalue weighted by atomic mass is 10.1. The van der Waals surface area contributed by atoms with Crippen molar-refractivity contribution in [1.82, 2.24) is 4.90 Å². The molecule has 1 atom stereocenters. The summed E-state index contributed by atoms with van der Waals surface area (Å²) in [7, 11) is 0. The Labute approximate surface area is 166 Å². The number of halogens is 1. The fourth-order valence-electron chi connectivity index (χ4n) is 2.81. The summed E-state index contributed by atoms with van der Waals surface area (Å²) in [6.45, 7) is 2.91. The first-order valence-corrected chi connectivity index (χ1v) is 10.2. The third-order valence-electron chi connectivity index (χ3n) is 4.14. The second-order valence-electron chi connectivity index (χ2n) is 6.09. The summed E-state index contributed by atoms with van der Waals surface area (Å²) >= 11 is 4.54. The Bertz CT molecular complexity index is 794. The molecule has 2 aromatic carbocycles. The van der Waals surface area contributed by atoms with Crippen LogP contribution in [0.1, 0.15) is 24.5 Å². The minimum atomic E-state index is -0.369. The molecule has 0 N–H and O–H groups in total. The van der Waals surface area contributed by atoms with Gasteiger partial charge in [-0.25, -0.2) is 0 Å². The van der Waals surface area contributed by atoms with Crippen LogP contribution in [0.15, 0.2) is 53.0 Å². The van der Waals surface area contributed by atoms with Crippen molar-refractivity contribution < 1.29 is 14.3 Å². The summed E-state index contributed by atoms with van der Waals surface area (Å²) < 4.78 is 7.00. The molecule has 2 aromatic rings. The second kappa shape index (κ2) is 8.73. The number of nitrogens with zero attached hydrogens (tertiary/aromatic N) is 1. The molecule has 0 spiro atoms. The van der Waals surface area contributed by atoms with E-state index in [1.54, 1.807) is 0 Å². The third-order valence-corrected chi connectivity index (χ3v) is 5.74. The number of thioether (sulfide) groups is 1. The molecule has 0 saturated carbocycles. The summed E-state index contributed by atoms with van der Waals surface area (Å²) in [5, 5.41) is -0.512. The molecule has 1 aliphatic rings. The van der Waals surface area contributed by atoms with E-state index in [0.29, 0.717) is 19.6 Å². The molecule has 136 valence electrons. The third kappa shape index (κ3) is 4.48. The number of rotatable bonds is 7. The van der Waals surface area contributed by atoms with Gasteiger partial charge in [0.1, 0.15) is 12.4 Å². The van der Waals surface area contributed by atoms with Gasteiger partial charge in [0, 0.05) is 11.0 Å². The van der Waals surface area contributed by atoms with Crippen LogP contribution in [-0.2, 0) is 17.8 Å². The number of hydrogen-bond donors (Lipinski definition) is 0. The number of amides is 2. The number of para-hydroxylation sites is 1. The molecular weight excluding hydrogens is 414 g/mol. The molecule has 0 radical (unpaired) electrons. The molecule has 1 fully saturated rings. The van der Waals surface area contributed by atoms with E-state index in [1.165, 1.54) is 4.90 Å². The summed E-state index contributed by atoms with van der Waals surface area (Å²) in [5.41, 5.74) is 2.01. The molecule has 3 rings (SSSR count). The van der Waals surface area contributed by atoms with Crippen LogP contribution in [0.3, 0.4) is 0 Å². The van der Waals surface area contributed by atoms with Crippen LogP contribution in [0.5, 0.6) is 5.75 Å². The number of hydrogen-bond acceptors (Lipinski definition) is 4. The fraction of sp³-hybridized carbons (Fsp3) is 0.300. The Balaban J connectivity index is 1.68. The quantitative estimate of drug-likeness (QED) is 0.612. The Hall–Kier alpha value is -1.79. The normalized spacial score (nSPS) is 17.0. The molecule has 0 aromatic heterocycles. The lowest BCUT2D eigenvalue weighted by Gasteiger charge is -2.14. The van der Waals surface area contributed by atoms with Gasteiger partial charge in [0.25, 0.3) is 5.24 Å². The van der Waals surface area contributed by atoms with Crippen molar-refractivity contribution in [1.29, 1.82) is 0 Å². The molecule has 1 aliphatic heterocycles. The molecular formula is C20H20BrNO3S. The number of imide groups is 1. The van der Waals surface area contributed by atoms with E-state index in [2.05, 4.69) is 15.9 Å². The van der Waals surface area contributed by atoms with Crippen molar-refractivity contribution >= 4 is 38.8 Å². The largest absolute Gasteiger partial charge is 0.489 e. The van der Waals surface area contributed by atoms with Crippen molar-refractivity contribution in [3.8, 4) is 5.75 Å². The highest BCUT2D eigenvalue weighted by Crippen LogP contribution is 2.32. The van der Waals surface area contributed by atoms with Crippen LogP contribution in [0.25, 0.3) is 0 Å².